The maximum atomic E-state index is 6.47. The monoisotopic (exact) mass is 285 g/mol. The zero-order valence-electron chi connectivity index (χ0n) is 13.2. The Balaban J connectivity index is 2.93. The number of rotatable bonds is 6. The number of aryl methyl sites for hydroxylation is 2. The fourth-order valence-corrected chi connectivity index (χ4v) is 2.81. The first kappa shape index (κ1) is 16.5. The van der Waals surface area contributed by atoms with E-state index < -0.39 is 0 Å². The minimum Gasteiger partial charge on any atom is -0.317 e. The zero-order valence-corrected chi connectivity index (χ0v) is 13.9. The highest BCUT2D eigenvalue weighted by Gasteiger charge is 2.22. The summed E-state index contributed by atoms with van der Waals surface area (Å²) in [6, 6.07) is 0.434. The van der Waals surface area contributed by atoms with Crippen LogP contribution in [0.15, 0.2) is 0 Å². The molecule has 1 aromatic rings. The van der Waals surface area contributed by atoms with Gasteiger partial charge in [0.2, 0.25) is 0 Å². The van der Waals surface area contributed by atoms with Crippen LogP contribution in [0.2, 0.25) is 5.02 Å². The van der Waals surface area contributed by atoms with Crippen LogP contribution in [0.1, 0.15) is 52.4 Å². The van der Waals surface area contributed by atoms with Gasteiger partial charge in [-0.05, 0) is 32.2 Å². The van der Waals surface area contributed by atoms with Crippen molar-refractivity contribution < 1.29 is 0 Å². The van der Waals surface area contributed by atoms with Crippen molar-refractivity contribution in [3.63, 3.8) is 0 Å². The molecular formula is C15H28ClN3. The van der Waals surface area contributed by atoms with Crippen LogP contribution in [-0.4, -0.2) is 22.9 Å². The Morgan fingerprint density at radius 3 is 2.37 bits per heavy atom. The summed E-state index contributed by atoms with van der Waals surface area (Å²) in [5.74, 6) is 0. The second kappa shape index (κ2) is 6.76. The topological polar surface area (TPSA) is 29.9 Å². The van der Waals surface area contributed by atoms with E-state index in [9.17, 15) is 0 Å². The Labute approximate surface area is 122 Å². The van der Waals surface area contributed by atoms with Gasteiger partial charge in [-0.3, -0.25) is 4.68 Å². The van der Waals surface area contributed by atoms with Gasteiger partial charge in [0.25, 0.3) is 0 Å². The van der Waals surface area contributed by atoms with Crippen molar-refractivity contribution in [3.8, 4) is 0 Å². The third-order valence-corrected chi connectivity index (χ3v) is 3.84. The van der Waals surface area contributed by atoms with Gasteiger partial charge in [0.15, 0.2) is 0 Å². The summed E-state index contributed by atoms with van der Waals surface area (Å²) in [7, 11) is 2.03. The predicted octanol–water partition coefficient (Wildman–Crippen LogP) is 3.69. The molecule has 0 aromatic carbocycles. The number of hydrogen-bond donors (Lipinski definition) is 1. The molecule has 1 unspecified atom stereocenters. The van der Waals surface area contributed by atoms with Gasteiger partial charge in [-0.15, -0.1) is 0 Å². The van der Waals surface area contributed by atoms with Crippen LogP contribution in [0, 0.1) is 5.41 Å². The summed E-state index contributed by atoms with van der Waals surface area (Å²) in [5.41, 5.74) is 2.50. The molecule has 0 aliphatic carbocycles. The molecule has 3 nitrogen and oxygen atoms in total. The van der Waals surface area contributed by atoms with Crippen LogP contribution in [0.4, 0.5) is 0 Å². The van der Waals surface area contributed by atoms with E-state index in [0.29, 0.717) is 11.5 Å². The van der Waals surface area contributed by atoms with E-state index >= 15 is 0 Å². The van der Waals surface area contributed by atoms with Crippen molar-refractivity contribution in [3.05, 3.63) is 16.4 Å². The highest BCUT2D eigenvalue weighted by Crippen LogP contribution is 2.27. The van der Waals surface area contributed by atoms with Crippen LogP contribution in [0.25, 0.3) is 0 Å². The van der Waals surface area contributed by atoms with Gasteiger partial charge in [-0.25, -0.2) is 0 Å². The van der Waals surface area contributed by atoms with Crippen LogP contribution in [0.3, 0.4) is 0 Å². The minimum atomic E-state index is 0.310. The molecule has 1 N–H and O–H groups in total. The average molecular weight is 286 g/mol. The molecule has 1 heterocycles. The third-order valence-electron chi connectivity index (χ3n) is 3.40. The molecule has 0 aliphatic rings. The summed E-state index contributed by atoms with van der Waals surface area (Å²) >= 11 is 6.47. The smallest absolute Gasteiger partial charge is 0.0850 e. The van der Waals surface area contributed by atoms with Crippen molar-refractivity contribution in [2.75, 3.05) is 7.05 Å². The standard InChI is InChI=1S/C15H28ClN3/c1-7-12-14(16)13(19(8-2)18-12)9-11(17-6)10-15(3,4)5/h11,17H,7-10H2,1-6H3. The van der Waals surface area contributed by atoms with Crippen LogP contribution in [-0.2, 0) is 19.4 Å². The summed E-state index contributed by atoms with van der Waals surface area (Å²) < 4.78 is 2.05. The Morgan fingerprint density at radius 1 is 1.32 bits per heavy atom. The van der Waals surface area contributed by atoms with Crippen molar-refractivity contribution in [2.45, 2.75) is 66.5 Å². The molecule has 1 atom stereocenters. The number of likely N-dealkylation sites (N-methyl/N-ethyl adjacent to an activating group) is 1. The maximum absolute atomic E-state index is 6.47. The molecule has 1 aromatic heterocycles. The first-order valence-corrected chi connectivity index (χ1v) is 7.61. The molecule has 19 heavy (non-hydrogen) atoms. The Morgan fingerprint density at radius 2 is 1.95 bits per heavy atom. The lowest BCUT2D eigenvalue weighted by Gasteiger charge is -2.26. The molecule has 0 spiro atoms. The van der Waals surface area contributed by atoms with Crippen molar-refractivity contribution in [2.24, 2.45) is 5.41 Å². The number of halogens is 1. The van der Waals surface area contributed by atoms with Crippen LogP contribution < -0.4 is 5.32 Å². The summed E-state index contributed by atoms with van der Waals surface area (Å²) in [6.45, 7) is 11.9. The van der Waals surface area contributed by atoms with Crippen molar-refractivity contribution in [1.82, 2.24) is 15.1 Å². The van der Waals surface area contributed by atoms with Gasteiger partial charge in [0.1, 0.15) is 0 Å². The average Bonchev–Trinajstić information content (AvgIpc) is 2.63. The van der Waals surface area contributed by atoms with E-state index in [1.165, 1.54) is 5.69 Å². The first-order valence-electron chi connectivity index (χ1n) is 7.23. The van der Waals surface area contributed by atoms with E-state index in [0.717, 1.165) is 36.5 Å². The van der Waals surface area contributed by atoms with Gasteiger partial charge in [0, 0.05) is 19.0 Å². The SMILES string of the molecule is CCc1nn(CC)c(CC(CC(C)(C)C)NC)c1Cl. The van der Waals surface area contributed by atoms with Gasteiger partial charge >= 0.3 is 0 Å². The maximum Gasteiger partial charge on any atom is 0.0850 e. The lowest BCUT2D eigenvalue weighted by molar-refractivity contribution is 0.313. The summed E-state index contributed by atoms with van der Waals surface area (Å²) in [6.07, 6.45) is 2.95. The fraction of sp³-hybridized carbons (Fsp3) is 0.800. The van der Waals surface area contributed by atoms with Crippen LogP contribution >= 0.6 is 11.6 Å². The molecule has 0 radical (unpaired) electrons. The quantitative estimate of drug-likeness (QED) is 0.864. The van der Waals surface area contributed by atoms with E-state index in [2.05, 4.69) is 45.0 Å². The third kappa shape index (κ3) is 4.50. The molecular weight excluding hydrogens is 258 g/mol. The molecule has 0 fully saturated rings. The van der Waals surface area contributed by atoms with Crippen molar-refractivity contribution in [1.29, 1.82) is 0 Å². The van der Waals surface area contributed by atoms with Crippen molar-refractivity contribution >= 4 is 11.6 Å². The Kier molecular flexibility index (Phi) is 5.87. The molecule has 0 saturated carbocycles. The van der Waals surface area contributed by atoms with Gasteiger partial charge in [-0.1, -0.05) is 39.3 Å². The van der Waals surface area contributed by atoms with Gasteiger partial charge in [-0.2, -0.15) is 5.10 Å². The first-order chi connectivity index (χ1) is 8.82. The number of nitrogens with one attached hydrogen (secondary N) is 1. The Bertz CT molecular complexity index is 404. The van der Waals surface area contributed by atoms with E-state index in [-0.39, 0.29) is 0 Å². The summed E-state index contributed by atoms with van der Waals surface area (Å²) in [5, 5.41) is 8.86. The lowest BCUT2D eigenvalue weighted by Crippen LogP contribution is -2.32. The molecule has 0 saturated heterocycles. The van der Waals surface area contributed by atoms with E-state index in [1.807, 2.05) is 11.7 Å². The number of aromatic nitrogens is 2. The van der Waals surface area contributed by atoms with E-state index in [4.69, 9.17) is 11.6 Å². The Hall–Kier alpha value is -0.540. The molecule has 0 amide bonds. The molecule has 110 valence electrons. The second-order valence-corrected chi connectivity index (χ2v) is 6.71. The van der Waals surface area contributed by atoms with Gasteiger partial charge < -0.3 is 5.32 Å². The lowest BCUT2D eigenvalue weighted by atomic mass is 9.86. The minimum absolute atomic E-state index is 0.310. The highest BCUT2D eigenvalue weighted by atomic mass is 35.5. The fourth-order valence-electron chi connectivity index (χ4n) is 2.46. The summed E-state index contributed by atoms with van der Waals surface area (Å²) in [4.78, 5) is 0. The predicted molar refractivity (Wildman–Crippen MR) is 82.9 cm³/mol. The highest BCUT2D eigenvalue weighted by molar-refractivity contribution is 6.31. The van der Waals surface area contributed by atoms with Gasteiger partial charge in [0.05, 0.1) is 16.4 Å². The molecule has 1 rings (SSSR count). The number of hydrogen-bond acceptors (Lipinski definition) is 2. The molecule has 4 heteroatoms. The largest absolute Gasteiger partial charge is 0.317 e. The second-order valence-electron chi connectivity index (χ2n) is 6.33. The molecule has 0 bridgehead atoms. The van der Waals surface area contributed by atoms with E-state index in [1.54, 1.807) is 0 Å². The molecule has 0 aliphatic heterocycles. The normalized spacial score (nSPS) is 13.8. The zero-order chi connectivity index (χ0) is 14.6. The number of nitrogens with zero attached hydrogens (tertiary/aromatic N) is 2. The van der Waals surface area contributed by atoms with Crippen LogP contribution in [0.5, 0.6) is 0 Å².